The van der Waals surface area contributed by atoms with Gasteiger partial charge >= 0.3 is 18.3 Å². The van der Waals surface area contributed by atoms with Crippen molar-refractivity contribution < 1.29 is 33.7 Å². The van der Waals surface area contributed by atoms with E-state index in [1.807, 2.05) is 60.7 Å². The summed E-state index contributed by atoms with van der Waals surface area (Å²) in [7, 11) is 0. The Morgan fingerprint density at radius 1 is 0.842 bits per heavy atom. The molecule has 11 nitrogen and oxygen atoms in total. The molecule has 0 saturated carbocycles. The molecule has 11 heteroatoms. The average molecular weight is 529 g/mol. The number of aliphatic imine (C=N–C) groups is 1. The molecule has 206 valence electrons. The van der Waals surface area contributed by atoms with Gasteiger partial charge in [0.1, 0.15) is 18.8 Å². The summed E-state index contributed by atoms with van der Waals surface area (Å²) in [5, 5.41) is 17.0. The summed E-state index contributed by atoms with van der Waals surface area (Å²) < 4.78 is 15.6. The Morgan fingerprint density at radius 3 is 1.79 bits per heavy atom. The van der Waals surface area contributed by atoms with Crippen LogP contribution in [0.1, 0.15) is 44.7 Å². The van der Waals surface area contributed by atoms with Gasteiger partial charge in [0, 0.05) is 6.54 Å². The Morgan fingerprint density at radius 2 is 1.34 bits per heavy atom. The lowest BCUT2D eigenvalue weighted by Crippen LogP contribution is -2.44. The van der Waals surface area contributed by atoms with E-state index < -0.39 is 29.9 Å². The molecule has 0 unspecified atom stereocenters. The van der Waals surface area contributed by atoms with Gasteiger partial charge in [-0.25, -0.2) is 14.4 Å². The molecule has 0 fully saturated rings. The fraction of sp³-hybridized carbons (Fsp3) is 0.407. The number of hydrogen-bond donors (Lipinski definition) is 4. The van der Waals surface area contributed by atoms with Crippen LogP contribution in [0.15, 0.2) is 65.7 Å². The van der Waals surface area contributed by atoms with E-state index in [0.29, 0.717) is 12.8 Å². The third kappa shape index (κ3) is 13.3. The smallest absolute Gasteiger partial charge is 0.414 e. The molecule has 0 aliphatic rings. The Hall–Kier alpha value is -4.12. The van der Waals surface area contributed by atoms with Gasteiger partial charge in [-0.05, 0) is 44.7 Å². The quantitative estimate of drug-likeness (QED) is 0.158. The van der Waals surface area contributed by atoms with Crippen molar-refractivity contribution in [3.05, 3.63) is 71.8 Å². The third-order valence-electron chi connectivity index (χ3n) is 4.79. The minimum Gasteiger partial charge on any atom is -0.444 e. The first kappa shape index (κ1) is 30.1. The van der Waals surface area contributed by atoms with Gasteiger partial charge in [0.05, 0.1) is 12.6 Å². The van der Waals surface area contributed by atoms with Crippen molar-refractivity contribution in [3.8, 4) is 0 Å². The van der Waals surface area contributed by atoms with Crippen LogP contribution in [0, 0.1) is 0 Å². The van der Waals surface area contributed by atoms with E-state index in [-0.39, 0.29) is 32.3 Å². The highest BCUT2D eigenvalue weighted by Crippen LogP contribution is 2.08. The number of rotatable bonds is 10. The van der Waals surface area contributed by atoms with Crippen molar-refractivity contribution >= 4 is 24.2 Å². The molecular formula is C27H36N4O7. The maximum absolute atomic E-state index is 12.3. The number of aliphatic hydroxyl groups is 1. The topological polar surface area (TPSA) is 148 Å². The van der Waals surface area contributed by atoms with Gasteiger partial charge in [-0.1, -0.05) is 60.7 Å². The predicted molar refractivity (Wildman–Crippen MR) is 141 cm³/mol. The Bertz CT molecular complexity index is 981. The van der Waals surface area contributed by atoms with Crippen LogP contribution in [0.25, 0.3) is 0 Å². The average Bonchev–Trinajstić information content (AvgIpc) is 2.88. The summed E-state index contributed by atoms with van der Waals surface area (Å²) in [6, 6.07) is 17.7. The number of alkyl carbamates (subject to hydrolysis) is 3. The first-order valence-corrected chi connectivity index (χ1v) is 12.2. The molecule has 0 aromatic heterocycles. The van der Waals surface area contributed by atoms with E-state index in [1.165, 1.54) is 0 Å². The van der Waals surface area contributed by atoms with Gasteiger partial charge in [-0.3, -0.25) is 15.6 Å². The van der Waals surface area contributed by atoms with Crippen LogP contribution in [0.4, 0.5) is 14.4 Å². The number of hydrogen-bond acceptors (Lipinski definition) is 8. The second-order valence-corrected chi connectivity index (χ2v) is 9.27. The molecule has 38 heavy (non-hydrogen) atoms. The van der Waals surface area contributed by atoms with Gasteiger partial charge in [-0.2, -0.15) is 0 Å². The first-order chi connectivity index (χ1) is 18.1. The number of carbonyl (C=O) groups is 3. The predicted octanol–water partition coefficient (Wildman–Crippen LogP) is 3.86. The molecule has 0 heterocycles. The van der Waals surface area contributed by atoms with Crippen molar-refractivity contribution in [3.63, 3.8) is 0 Å². The maximum atomic E-state index is 12.3. The zero-order valence-corrected chi connectivity index (χ0v) is 21.9. The molecule has 2 aromatic carbocycles. The molecule has 0 aliphatic heterocycles. The van der Waals surface area contributed by atoms with E-state index in [0.717, 1.165) is 11.1 Å². The first-order valence-electron chi connectivity index (χ1n) is 12.2. The highest BCUT2D eigenvalue weighted by atomic mass is 16.6. The Balaban J connectivity index is 1.91. The third-order valence-corrected chi connectivity index (χ3v) is 4.79. The molecule has 0 radical (unpaired) electrons. The van der Waals surface area contributed by atoms with E-state index in [1.54, 1.807) is 20.8 Å². The number of aliphatic hydroxyl groups excluding tert-OH is 1. The van der Waals surface area contributed by atoms with Gasteiger partial charge in [0.2, 0.25) is 5.96 Å². The molecule has 2 aromatic rings. The minimum atomic E-state index is -0.809. The normalized spacial score (nSPS) is 11.5. The largest absolute Gasteiger partial charge is 0.444 e. The van der Waals surface area contributed by atoms with Gasteiger partial charge in [0.25, 0.3) is 0 Å². The lowest BCUT2D eigenvalue weighted by atomic mass is 10.1. The van der Waals surface area contributed by atoms with Crippen LogP contribution in [0.3, 0.4) is 0 Å². The van der Waals surface area contributed by atoms with Gasteiger partial charge in [0.15, 0.2) is 0 Å². The lowest BCUT2D eigenvalue weighted by Gasteiger charge is -2.22. The van der Waals surface area contributed by atoms with Crippen molar-refractivity contribution in [1.29, 1.82) is 0 Å². The summed E-state index contributed by atoms with van der Waals surface area (Å²) in [6.45, 7) is 5.18. The summed E-state index contributed by atoms with van der Waals surface area (Å²) in [5.41, 5.74) is 0.929. The van der Waals surface area contributed by atoms with Crippen molar-refractivity contribution in [1.82, 2.24) is 16.0 Å². The highest BCUT2D eigenvalue weighted by Gasteiger charge is 2.19. The Kier molecular flexibility index (Phi) is 12.6. The number of nitrogens with zero attached hydrogens (tertiary/aromatic N) is 1. The summed E-state index contributed by atoms with van der Waals surface area (Å²) in [4.78, 5) is 40.8. The van der Waals surface area contributed by atoms with Gasteiger partial charge in [-0.15, -0.1) is 0 Å². The second-order valence-electron chi connectivity index (χ2n) is 9.27. The van der Waals surface area contributed by atoms with Crippen LogP contribution >= 0.6 is 0 Å². The fourth-order valence-electron chi connectivity index (χ4n) is 3.03. The molecular weight excluding hydrogens is 492 g/mol. The summed E-state index contributed by atoms with van der Waals surface area (Å²) in [5.74, 6) is -0.151. The molecule has 2 rings (SSSR count). The monoisotopic (exact) mass is 528 g/mol. The maximum Gasteiger partial charge on any atom is 0.414 e. The van der Waals surface area contributed by atoms with Crippen LogP contribution in [-0.4, -0.2) is 54.1 Å². The van der Waals surface area contributed by atoms with Crippen LogP contribution in [0.2, 0.25) is 0 Å². The van der Waals surface area contributed by atoms with Crippen LogP contribution in [0.5, 0.6) is 0 Å². The van der Waals surface area contributed by atoms with E-state index in [4.69, 9.17) is 14.2 Å². The Labute approximate surface area is 222 Å². The highest BCUT2D eigenvalue weighted by molar-refractivity contribution is 6.01. The minimum absolute atomic E-state index is 0.0346. The number of benzene rings is 2. The molecule has 1 atom stereocenters. The van der Waals surface area contributed by atoms with Crippen molar-refractivity contribution in [2.75, 3.05) is 13.2 Å². The number of carbonyl (C=O) groups excluding carboxylic acids is 3. The lowest BCUT2D eigenvalue weighted by molar-refractivity contribution is 0.0478. The standard InChI is InChI=1S/C27H36N4O7/c1-27(2,3)38-26(35)29-22(17-32)15-10-16-28-23(30-24(33)36-18-20-11-6-4-7-12-20)31-25(34)37-19-21-13-8-5-9-14-21/h4-9,11-14,22,32H,10,15-19H2,1-3H3,(H,29,35)(H2,28,30,31,33,34)/t22-/m0/s1. The van der Waals surface area contributed by atoms with Crippen molar-refractivity contribution in [2.24, 2.45) is 4.99 Å². The molecule has 3 amide bonds. The van der Waals surface area contributed by atoms with E-state index in [9.17, 15) is 19.5 Å². The molecule has 0 aliphatic carbocycles. The van der Waals surface area contributed by atoms with Crippen LogP contribution < -0.4 is 16.0 Å². The molecule has 0 saturated heterocycles. The zero-order valence-electron chi connectivity index (χ0n) is 21.9. The molecule has 0 bridgehead atoms. The number of guanidine groups is 1. The van der Waals surface area contributed by atoms with E-state index >= 15 is 0 Å². The van der Waals surface area contributed by atoms with Crippen LogP contribution in [-0.2, 0) is 27.4 Å². The second kappa shape index (κ2) is 15.9. The fourth-order valence-corrected chi connectivity index (χ4v) is 3.03. The SMILES string of the molecule is CC(C)(C)OC(=O)N[C@H](CO)CCCN=C(NC(=O)OCc1ccccc1)NC(=O)OCc1ccccc1. The number of amides is 3. The molecule has 0 spiro atoms. The summed E-state index contributed by atoms with van der Waals surface area (Å²) >= 11 is 0. The molecule has 4 N–H and O–H groups in total. The summed E-state index contributed by atoms with van der Waals surface area (Å²) in [6.07, 6.45) is -1.45. The number of ether oxygens (including phenoxy) is 3. The zero-order chi connectivity index (χ0) is 27.8. The van der Waals surface area contributed by atoms with Gasteiger partial charge < -0.3 is 24.6 Å². The van der Waals surface area contributed by atoms with Crippen molar-refractivity contribution in [2.45, 2.75) is 58.5 Å². The number of nitrogens with one attached hydrogen (secondary N) is 3. The van der Waals surface area contributed by atoms with E-state index in [2.05, 4.69) is 20.9 Å².